The number of thioether (sulfide) groups is 2. The molecule has 9 rings (SSSR count). The Labute approximate surface area is 275 Å². The van der Waals surface area contributed by atoms with Crippen LogP contribution < -0.4 is 0 Å². The third kappa shape index (κ3) is 3.24. The summed E-state index contributed by atoms with van der Waals surface area (Å²) in [5.74, 6) is -0.0981. The van der Waals surface area contributed by atoms with Gasteiger partial charge in [-0.2, -0.15) is 0 Å². The number of thiophene rings is 4. The number of aryl methyl sites for hydroxylation is 2. The molecule has 12 heteroatoms. The molecule has 2 amide bonds. The van der Waals surface area contributed by atoms with E-state index in [-0.39, 0.29) is 11.8 Å². The quantitative estimate of drug-likeness (QED) is 0.117. The monoisotopic (exact) mass is 692 g/mol. The van der Waals surface area contributed by atoms with Gasteiger partial charge in [-0.3, -0.25) is 19.4 Å². The first-order valence-corrected chi connectivity index (χ1v) is 18.6. The molecule has 2 saturated heterocycles. The molecule has 4 nitrogen and oxygen atoms in total. The van der Waals surface area contributed by atoms with Gasteiger partial charge in [-0.25, -0.2) is 0 Å². The highest BCUT2D eigenvalue weighted by Gasteiger charge is 2.43. The van der Waals surface area contributed by atoms with Crippen LogP contribution in [-0.2, 0) is 9.59 Å². The Balaban J connectivity index is 1.40. The third-order valence-corrected chi connectivity index (χ3v) is 15.9. The van der Waals surface area contributed by atoms with Gasteiger partial charge < -0.3 is 0 Å². The van der Waals surface area contributed by atoms with Crippen molar-refractivity contribution in [2.45, 2.75) is 13.8 Å². The highest BCUT2D eigenvalue weighted by atomic mass is 32.2. The summed E-state index contributed by atoms with van der Waals surface area (Å²) in [7, 11) is 3.51. The van der Waals surface area contributed by atoms with Crippen LogP contribution in [0.2, 0.25) is 0 Å². The van der Waals surface area contributed by atoms with Gasteiger partial charge in [0.25, 0.3) is 11.8 Å². The minimum Gasteiger partial charge on any atom is -0.296 e. The van der Waals surface area contributed by atoms with E-state index in [9.17, 15) is 9.59 Å². The van der Waals surface area contributed by atoms with Crippen molar-refractivity contribution in [2.24, 2.45) is 0 Å². The molecule has 0 bridgehead atoms. The summed E-state index contributed by atoms with van der Waals surface area (Å²) < 4.78 is 6.07. The first-order chi connectivity index (χ1) is 20.1. The average Bonchev–Trinajstić information content (AvgIpc) is 3.80. The fourth-order valence-corrected chi connectivity index (χ4v) is 13.9. The van der Waals surface area contributed by atoms with E-state index < -0.39 is 0 Å². The molecular weight excluding hydrogens is 677 g/mol. The van der Waals surface area contributed by atoms with Gasteiger partial charge in [0.1, 0.15) is 8.64 Å². The molecule has 206 valence electrons. The van der Waals surface area contributed by atoms with Crippen molar-refractivity contribution >= 4 is 144 Å². The Hall–Kier alpha value is -2.16. The minimum atomic E-state index is -0.0490. The number of hydrogen-bond donors (Lipinski definition) is 0. The van der Waals surface area contributed by atoms with Gasteiger partial charge in [0, 0.05) is 76.4 Å². The number of benzene rings is 1. The molecular formula is C30H16N2O2S8. The largest absolute Gasteiger partial charge is 0.296 e. The zero-order chi connectivity index (χ0) is 28.9. The second-order valence-corrected chi connectivity index (χ2v) is 18.4. The van der Waals surface area contributed by atoms with Crippen molar-refractivity contribution in [3.63, 3.8) is 0 Å². The van der Waals surface area contributed by atoms with E-state index in [2.05, 4.69) is 38.1 Å². The van der Waals surface area contributed by atoms with E-state index in [4.69, 9.17) is 24.4 Å². The predicted molar refractivity (Wildman–Crippen MR) is 191 cm³/mol. The lowest BCUT2D eigenvalue weighted by Gasteiger charge is -2.11. The summed E-state index contributed by atoms with van der Waals surface area (Å²) in [6, 6.07) is 9.02. The molecule has 5 aromatic rings. The van der Waals surface area contributed by atoms with E-state index in [1.165, 1.54) is 61.8 Å². The van der Waals surface area contributed by atoms with Crippen LogP contribution in [0.1, 0.15) is 32.0 Å². The summed E-state index contributed by atoms with van der Waals surface area (Å²) >= 11 is 21.1. The lowest BCUT2D eigenvalue weighted by molar-refractivity contribution is -0.122. The number of amides is 2. The molecule has 0 spiro atoms. The molecule has 6 heterocycles. The van der Waals surface area contributed by atoms with Gasteiger partial charge in [-0.15, -0.1) is 45.3 Å². The molecule has 0 unspecified atom stereocenters. The number of likely N-dealkylation sites (N-methyl/N-ethyl adjacent to an activating group) is 2. The van der Waals surface area contributed by atoms with Crippen LogP contribution in [0.25, 0.3) is 50.8 Å². The average molecular weight is 693 g/mol. The second kappa shape index (κ2) is 8.72. The Morgan fingerprint density at radius 2 is 1.00 bits per heavy atom. The fourth-order valence-electron chi connectivity index (χ4n) is 6.16. The van der Waals surface area contributed by atoms with Crippen LogP contribution in [0.4, 0.5) is 0 Å². The van der Waals surface area contributed by atoms with Crippen LogP contribution in [0, 0.1) is 13.8 Å². The van der Waals surface area contributed by atoms with Crippen molar-refractivity contribution in [3.05, 3.63) is 66.1 Å². The molecule has 2 aliphatic heterocycles. The lowest BCUT2D eigenvalue weighted by atomic mass is 9.96. The first-order valence-electron chi connectivity index (χ1n) is 12.9. The van der Waals surface area contributed by atoms with Crippen molar-refractivity contribution in [3.8, 4) is 20.9 Å². The van der Waals surface area contributed by atoms with E-state index >= 15 is 0 Å². The van der Waals surface area contributed by atoms with Gasteiger partial charge in [0.05, 0.1) is 19.2 Å². The van der Waals surface area contributed by atoms with Gasteiger partial charge in [0.15, 0.2) is 0 Å². The van der Waals surface area contributed by atoms with Gasteiger partial charge in [0.2, 0.25) is 0 Å². The first kappa shape index (κ1) is 26.3. The van der Waals surface area contributed by atoms with E-state index in [1.807, 2.05) is 0 Å². The minimum absolute atomic E-state index is 0.0490. The molecule has 0 saturated carbocycles. The normalized spacial score (nSPS) is 21.1. The maximum atomic E-state index is 13.6. The zero-order valence-electron chi connectivity index (χ0n) is 22.3. The summed E-state index contributed by atoms with van der Waals surface area (Å²) in [5, 5.41) is 0. The van der Waals surface area contributed by atoms with Crippen LogP contribution >= 0.6 is 93.3 Å². The molecule has 1 aromatic carbocycles. The molecule has 4 aliphatic rings. The van der Waals surface area contributed by atoms with Crippen molar-refractivity contribution < 1.29 is 9.59 Å². The van der Waals surface area contributed by atoms with Crippen LogP contribution in [0.3, 0.4) is 0 Å². The number of hydrogen-bond acceptors (Lipinski definition) is 10. The van der Waals surface area contributed by atoms with Gasteiger partial charge in [-0.05, 0) is 49.2 Å². The summed E-state index contributed by atoms with van der Waals surface area (Å²) in [6.07, 6.45) is 0. The third-order valence-electron chi connectivity index (χ3n) is 8.04. The Bertz CT molecular complexity index is 2130. The van der Waals surface area contributed by atoms with E-state index in [1.54, 1.807) is 69.2 Å². The van der Waals surface area contributed by atoms with Gasteiger partial charge in [-0.1, -0.05) is 48.0 Å². The Morgan fingerprint density at radius 3 is 1.36 bits per heavy atom. The maximum absolute atomic E-state index is 13.6. The maximum Gasteiger partial charge on any atom is 0.266 e. The highest BCUT2D eigenvalue weighted by molar-refractivity contribution is 8.27. The predicted octanol–water partition coefficient (Wildman–Crippen LogP) is 9.32. The highest BCUT2D eigenvalue weighted by Crippen LogP contribution is 2.62. The second-order valence-electron chi connectivity index (χ2n) is 10.5. The van der Waals surface area contributed by atoms with Crippen LogP contribution in [-0.4, -0.2) is 44.4 Å². The summed E-state index contributed by atoms with van der Waals surface area (Å²) in [4.78, 5) is 36.5. The van der Waals surface area contributed by atoms with Gasteiger partial charge >= 0.3 is 0 Å². The standard InChI is InChI=1S/C30H16N2O2S8/c1-9-5-15-23(37-9)19-17(25-27(33)31(3)29(35)41-25)11-7-14-12(8-13(11)21(19)39-15)18(26-28(34)32(4)30(36)42-26)20-22(14)40-16-6-10(2)38-24(16)20/h5-8H,1-4H3/b25-17+,26-18+. The summed E-state index contributed by atoms with van der Waals surface area (Å²) in [5.41, 5.74) is 8.63. The summed E-state index contributed by atoms with van der Waals surface area (Å²) in [6.45, 7) is 4.26. The Morgan fingerprint density at radius 1 is 0.595 bits per heavy atom. The number of nitrogens with zero attached hydrogens (tertiary/aromatic N) is 2. The van der Waals surface area contributed by atoms with E-state index in [0.29, 0.717) is 18.5 Å². The Kier molecular flexibility index (Phi) is 5.45. The smallest absolute Gasteiger partial charge is 0.266 e. The number of fused-ring (bicyclic) bond motifs is 10. The molecule has 0 radical (unpaired) electrons. The molecule has 2 fully saturated rings. The van der Waals surface area contributed by atoms with Crippen LogP contribution in [0.5, 0.6) is 0 Å². The molecule has 0 atom stereocenters. The zero-order valence-corrected chi connectivity index (χ0v) is 28.8. The van der Waals surface area contributed by atoms with Crippen molar-refractivity contribution in [1.29, 1.82) is 0 Å². The number of carbonyl (C=O) groups excluding carboxylic acids is 2. The molecule has 42 heavy (non-hydrogen) atoms. The number of carbonyl (C=O) groups is 2. The molecule has 2 aliphatic carbocycles. The SMILES string of the molecule is Cc1cc2sc3c(c2s1)/C(=C1/SC(=S)N(C)C1=O)c1cc2c(cc1-3)/C(=C1\SC(=S)N(C)C1=O)c1c-2sc2cc(C)sc12. The molecule has 4 aromatic heterocycles. The fraction of sp³-hybridized carbons (Fsp3) is 0.133. The van der Waals surface area contributed by atoms with Crippen molar-refractivity contribution in [1.82, 2.24) is 9.80 Å². The molecule has 0 N–H and O–H groups in total. The van der Waals surface area contributed by atoms with Crippen molar-refractivity contribution in [2.75, 3.05) is 14.1 Å². The topological polar surface area (TPSA) is 40.6 Å². The number of rotatable bonds is 0. The van der Waals surface area contributed by atoms with Crippen LogP contribution in [0.15, 0.2) is 34.1 Å². The number of thiocarbonyl (C=S) groups is 2. The lowest BCUT2D eigenvalue weighted by Crippen LogP contribution is -2.22. The van der Waals surface area contributed by atoms with E-state index in [0.717, 1.165) is 44.5 Å².